The largest absolute Gasteiger partial charge is 0.692 e. The Balaban J connectivity index is -0.000000230. The minimum Gasteiger partial charge on any atom is -0.481 e. The van der Waals surface area contributed by atoms with Gasteiger partial charge in [-0.3, -0.25) is 19.2 Å². The molecule has 0 fully saturated rings. The lowest BCUT2D eigenvalue weighted by atomic mass is 10.3. The summed E-state index contributed by atoms with van der Waals surface area (Å²) in [5, 5.41) is 31.6. The molecule has 0 aliphatic rings. The van der Waals surface area contributed by atoms with E-state index in [-0.39, 0.29) is 25.7 Å². The Hall–Kier alpha value is -2.10. The fraction of sp³-hybridized carbons (Fsp3) is 0.500. The molecule has 0 bridgehead atoms. The van der Waals surface area contributed by atoms with Crippen LogP contribution in [0, 0.1) is 0 Å². The molecule has 0 aliphatic heterocycles. The third-order valence-corrected chi connectivity index (χ3v) is 1.11. The Morgan fingerprint density at radius 3 is 0.750 bits per heavy atom. The monoisotopic (exact) mass is 317 g/mol. The van der Waals surface area contributed by atoms with Gasteiger partial charge in [0.05, 0.1) is 25.7 Å². The number of rotatable bonds is 6. The third kappa shape index (κ3) is 56.6. The topological polar surface area (TPSA) is 207 Å². The van der Waals surface area contributed by atoms with Gasteiger partial charge >= 0.3 is 32.1 Å². The van der Waals surface area contributed by atoms with Gasteiger partial charge in [0.25, 0.3) is 0 Å². The molecule has 0 saturated heterocycles. The van der Waals surface area contributed by atoms with Gasteiger partial charge in [0.1, 0.15) is 0 Å². The SMILES string of the molecule is O=C(O)CCC(=O)O.O=C(O)CCC(=O)O.O=[P+](O)O. The van der Waals surface area contributed by atoms with E-state index in [4.69, 9.17) is 34.8 Å². The van der Waals surface area contributed by atoms with E-state index < -0.39 is 32.1 Å². The zero-order valence-electron chi connectivity index (χ0n) is 10.0. The number of carboxylic acid groups (broad SMARTS) is 4. The van der Waals surface area contributed by atoms with Crippen molar-refractivity contribution in [1.82, 2.24) is 0 Å². The normalized spacial score (nSPS) is 8.10. The highest BCUT2D eigenvalue weighted by Gasteiger charge is 2.01. The molecule has 0 aromatic heterocycles. The average molecular weight is 317 g/mol. The summed E-state index contributed by atoms with van der Waals surface area (Å²) in [4.78, 5) is 52.8. The molecule has 0 aliphatic carbocycles. The van der Waals surface area contributed by atoms with E-state index in [0.29, 0.717) is 0 Å². The van der Waals surface area contributed by atoms with Gasteiger partial charge in [-0.15, -0.1) is 9.79 Å². The minimum absolute atomic E-state index is 0.296. The second kappa shape index (κ2) is 15.0. The van der Waals surface area contributed by atoms with Crippen LogP contribution in [0.15, 0.2) is 0 Å². The molecule has 0 rings (SSSR count). The molecule has 0 aromatic carbocycles. The first-order valence-corrected chi connectivity index (χ1v) is 5.87. The van der Waals surface area contributed by atoms with Gasteiger partial charge in [-0.25, -0.2) is 0 Å². The molecule has 0 radical (unpaired) electrons. The summed E-state index contributed by atoms with van der Waals surface area (Å²) in [5.74, 6) is -4.31. The molecule has 6 N–H and O–H groups in total. The van der Waals surface area contributed by atoms with Crippen molar-refractivity contribution in [3.05, 3.63) is 0 Å². The average Bonchev–Trinajstić information content (AvgIpc) is 2.23. The fourth-order valence-corrected chi connectivity index (χ4v) is 0.428. The van der Waals surface area contributed by atoms with Crippen LogP contribution in [0.25, 0.3) is 0 Å². The Morgan fingerprint density at radius 1 is 0.600 bits per heavy atom. The maximum atomic E-state index is 9.64. The van der Waals surface area contributed by atoms with Crippen LogP contribution in [0.5, 0.6) is 0 Å². The number of carbonyl (C=O) groups is 4. The van der Waals surface area contributed by atoms with Crippen molar-refractivity contribution in [2.75, 3.05) is 0 Å². The Bertz CT molecular complexity index is 290. The molecular weight excluding hydrogens is 303 g/mol. The molecule has 20 heavy (non-hydrogen) atoms. The zero-order valence-corrected chi connectivity index (χ0v) is 10.9. The molecule has 116 valence electrons. The molecular formula is C8H14O11P+. The first-order chi connectivity index (χ1) is 8.98. The van der Waals surface area contributed by atoms with Gasteiger partial charge in [-0.2, -0.15) is 0 Å². The molecule has 0 atom stereocenters. The zero-order chi connectivity index (χ0) is 16.7. The lowest BCUT2D eigenvalue weighted by Gasteiger charge is -1.85. The lowest BCUT2D eigenvalue weighted by molar-refractivity contribution is -0.143. The van der Waals surface area contributed by atoms with Crippen molar-refractivity contribution in [1.29, 1.82) is 0 Å². The van der Waals surface area contributed by atoms with Gasteiger partial charge < -0.3 is 20.4 Å². The highest BCUT2D eigenvalue weighted by molar-refractivity contribution is 7.30. The van der Waals surface area contributed by atoms with E-state index in [9.17, 15) is 19.2 Å². The summed E-state index contributed by atoms with van der Waals surface area (Å²) in [6.07, 6.45) is -1.19. The summed E-state index contributed by atoms with van der Waals surface area (Å²) < 4.78 is 8.70. The Kier molecular flexibility index (Phi) is 17.2. The molecule has 0 aromatic rings. The van der Waals surface area contributed by atoms with Crippen molar-refractivity contribution in [2.45, 2.75) is 25.7 Å². The maximum Gasteiger partial charge on any atom is 0.692 e. The molecule has 0 heterocycles. The number of hydrogen-bond donors (Lipinski definition) is 6. The standard InChI is InChI=1S/2C4H6O4.HO3P/c2*5-3(6)1-2-4(7)8;1-4(2)3/h2*1-2H2,(H,5,6)(H,7,8);(H-,1,2,3)/p+1. The molecule has 0 saturated carbocycles. The summed E-state index contributed by atoms with van der Waals surface area (Å²) in [7, 11) is -2.87. The van der Waals surface area contributed by atoms with E-state index in [1.165, 1.54) is 0 Å². The molecule has 0 amide bonds. The second-order valence-corrected chi connectivity index (χ2v) is 3.33. The van der Waals surface area contributed by atoms with Gasteiger partial charge in [0, 0.05) is 4.57 Å². The van der Waals surface area contributed by atoms with E-state index in [0.717, 1.165) is 0 Å². The summed E-state index contributed by atoms with van der Waals surface area (Å²) in [6.45, 7) is 0. The highest BCUT2D eigenvalue weighted by atomic mass is 31.1. The van der Waals surface area contributed by atoms with Crippen LogP contribution >= 0.6 is 8.25 Å². The predicted octanol–water partition coefficient (Wildman–Crippen LogP) is -0.500. The predicted molar refractivity (Wildman–Crippen MR) is 61.1 cm³/mol. The van der Waals surface area contributed by atoms with Gasteiger partial charge in [0.2, 0.25) is 0 Å². The van der Waals surface area contributed by atoms with Crippen LogP contribution in [0.3, 0.4) is 0 Å². The van der Waals surface area contributed by atoms with Crippen molar-refractivity contribution in [3.63, 3.8) is 0 Å². The minimum atomic E-state index is -2.87. The van der Waals surface area contributed by atoms with E-state index in [1.807, 2.05) is 0 Å². The maximum absolute atomic E-state index is 9.64. The van der Waals surface area contributed by atoms with Crippen LogP contribution in [0.4, 0.5) is 0 Å². The van der Waals surface area contributed by atoms with Crippen LogP contribution in [-0.2, 0) is 23.7 Å². The summed E-state index contributed by atoms with van der Waals surface area (Å²) >= 11 is 0. The van der Waals surface area contributed by atoms with E-state index >= 15 is 0 Å². The molecule has 0 unspecified atom stereocenters. The van der Waals surface area contributed by atoms with Crippen LogP contribution in [-0.4, -0.2) is 54.1 Å². The van der Waals surface area contributed by atoms with E-state index in [2.05, 4.69) is 0 Å². The summed E-state index contributed by atoms with van der Waals surface area (Å²) in [5.41, 5.74) is 0. The number of aliphatic carboxylic acids is 4. The van der Waals surface area contributed by atoms with Crippen molar-refractivity contribution < 1.29 is 54.0 Å². The smallest absolute Gasteiger partial charge is 0.481 e. The van der Waals surface area contributed by atoms with Crippen molar-refractivity contribution in [3.8, 4) is 0 Å². The quantitative estimate of drug-likeness (QED) is 0.344. The molecule has 11 nitrogen and oxygen atoms in total. The third-order valence-electron chi connectivity index (χ3n) is 1.11. The van der Waals surface area contributed by atoms with Crippen LogP contribution in [0.2, 0.25) is 0 Å². The fourth-order valence-electron chi connectivity index (χ4n) is 0.428. The highest BCUT2D eigenvalue weighted by Crippen LogP contribution is 1.98. The molecule has 12 heteroatoms. The molecule has 0 spiro atoms. The Morgan fingerprint density at radius 2 is 0.700 bits per heavy atom. The van der Waals surface area contributed by atoms with Crippen molar-refractivity contribution >= 4 is 32.1 Å². The van der Waals surface area contributed by atoms with Gasteiger partial charge in [0.15, 0.2) is 0 Å². The number of hydrogen-bond acceptors (Lipinski definition) is 5. The van der Waals surface area contributed by atoms with Crippen LogP contribution in [0.1, 0.15) is 25.7 Å². The first-order valence-electron chi connectivity index (χ1n) is 4.71. The van der Waals surface area contributed by atoms with E-state index in [1.54, 1.807) is 0 Å². The van der Waals surface area contributed by atoms with Crippen molar-refractivity contribution in [2.24, 2.45) is 0 Å². The van der Waals surface area contributed by atoms with Gasteiger partial charge in [-0.05, 0) is 0 Å². The summed E-state index contributed by atoms with van der Waals surface area (Å²) in [6, 6.07) is 0. The Labute approximate surface area is 113 Å². The lowest BCUT2D eigenvalue weighted by Crippen LogP contribution is -2.00. The van der Waals surface area contributed by atoms with Crippen LogP contribution < -0.4 is 0 Å². The second-order valence-electron chi connectivity index (χ2n) is 2.83. The number of carboxylic acids is 4. The first kappa shape index (κ1) is 23.0. The van der Waals surface area contributed by atoms with Gasteiger partial charge in [-0.1, -0.05) is 0 Å².